The molecule has 0 bridgehead atoms. The van der Waals surface area contributed by atoms with Crippen molar-refractivity contribution in [2.24, 2.45) is 0 Å². The minimum absolute atomic E-state index is 0.0357. The third kappa shape index (κ3) is 2.78. The molecule has 21 heavy (non-hydrogen) atoms. The monoisotopic (exact) mass is 287 g/mol. The van der Waals surface area contributed by atoms with Crippen molar-refractivity contribution in [2.75, 3.05) is 12.8 Å². The van der Waals surface area contributed by atoms with Crippen LogP contribution >= 0.6 is 0 Å². The number of aromatic nitrogens is 2. The molecule has 2 aromatic rings. The molecule has 2 rings (SSSR count). The Bertz CT molecular complexity index is 712. The molecule has 0 radical (unpaired) electrons. The fourth-order valence-electron chi connectivity index (χ4n) is 1.94. The van der Waals surface area contributed by atoms with Gasteiger partial charge in [0, 0.05) is 24.7 Å². The number of nitrogen functional groups attached to an aromatic ring is 1. The summed E-state index contributed by atoms with van der Waals surface area (Å²) in [6, 6.07) is 5.73. The number of benzene rings is 1. The van der Waals surface area contributed by atoms with E-state index in [0.717, 1.165) is 0 Å². The number of nitrogens with two attached hydrogens (primary N) is 1. The van der Waals surface area contributed by atoms with E-state index in [0.29, 0.717) is 22.5 Å². The van der Waals surface area contributed by atoms with Crippen molar-refractivity contribution in [1.82, 2.24) is 15.3 Å². The molecule has 3 N–H and O–H groups in total. The number of nitrogens with zero attached hydrogens (tertiary/aromatic N) is 3. The van der Waals surface area contributed by atoms with Crippen molar-refractivity contribution in [1.29, 1.82) is 0 Å². The predicted octanol–water partition coefficient (Wildman–Crippen LogP) is 1.30. The van der Waals surface area contributed by atoms with E-state index in [-0.39, 0.29) is 17.5 Å². The van der Waals surface area contributed by atoms with Crippen LogP contribution in [0.4, 0.5) is 11.6 Å². The summed E-state index contributed by atoms with van der Waals surface area (Å²) in [6.45, 7) is 1.65. The van der Waals surface area contributed by atoms with Crippen molar-refractivity contribution in [3.63, 3.8) is 0 Å². The molecule has 0 spiro atoms. The number of nitrogens with one attached hydrogen (secondary N) is 1. The molecule has 1 amide bonds. The normalized spacial score (nSPS) is 10.2. The molecule has 0 aliphatic rings. The minimum atomic E-state index is -0.497. The van der Waals surface area contributed by atoms with Gasteiger partial charge in [-0.3, -0.25) is 14.9 Å². The molecular weight excluding hydrogens is 274 g/mol. The lowest BCUT2D eigenvalue weighted by Gasteiger charge is -2.11. The fraction of sp³-hybridized carbons (Fsp3) is 0.154. The van der Waals surface area contributed by atoms with Crippen LogP contribution in [0.5, 0.6) is 0 Å². The van der Waals surface area contributed by atoms with Crippen LogP contribution in [0.1, 0.15) is 16.1 Å². The molecule has 8 nitrogen and oxygen atoms in total. The maximum absolute atomic E-state index is 12.0. The van der Waals surface area contributed by atoms with Gasteiger partial charge in [-0.05, 0) is 19.1 Å². The number of amides is 1. The highest BCUT2D eigenvalue weighted by Crippen LogP contribution is 2.26. The molecule has 0 aliphatic heterocycles. The van der Waals surface area contributed by atoms with Gasteiger partial charge in [0.15, 0.2) is 0 Å². The Morgan fingerprint density at radius 1 is 1.29 bits per heavy atom. The van der Waals surface area contributed by atoms with Gasteiger partial charge in [0.25, 0.3) is 11.6 Å². The van der Waals surface area contributed by atoms with E-state index in [2.05, 4.69) is 15.3 Å². The van der Waals surface area contributed by atoms with Gasteiger partial charge in [0.05, 0.1) is 21.9 Å². The Balaban J connectivity index is 2.61. The number of nitro groups is 1. The number of carbonyl (C=O) groups excluding carboxylic acids is 1. The zero-order chi connectivity index (χ0) is 15.6. The first-order valence-electron chi connectivity index (χ1n) is 6.05. The highest BCUT2D eigenvalue weighted by atomic mass is 16.6. The van der Waals surface area contributed by atoms with Gasteiger partial charge in [-0.25, -0.2) is 9.97 Å². The lowest BCUT2D eigenvalue weighted by Crippen LogP contribution is -2.21. The first-order valence-corrected chi connectivity index (χ1v) is 6.05. The van der Waals surface area contributed by atoms with Gasteiger partial charge < -0.3 is 11.1 Å². The summed E-state index contributed by atoms with van der Waals surface area (Å²) in [4.78, 5) is 30.2. The fourth-order valence-corrected chi connectivity index (χ4v) is 1.94. The van der Waals surface area contributed by atoms with Crippen LogP contribution in [0, 0.1) is 17.0 Å². The molecule has 1 aromatic heterocycles. The Morgan fingerprint density at radius 3 is 2.43 bits per heavy atom. The molecule has 1 aromatic carbocycles. The number of carbonyl (C=O) groups is 1. The van der Waals surface area contributed by atoms with E-state index in [4.69, 9.17) is 5.73 Å². The first kappa shape index (κ1) is 14.4. The average molecular weight is 287 g/mol. The maximum Gasteiger partial charge on any atom is 0.269 e. The van der Waals surface area contributed by atoms with Gasteiger partial charge in [-0.2, -0.15) is 0 Å². The topological polar surface area (TPSA) is 124 Å². The lowest BCUT2D eigenvalue weighted by molar-refractivity contribution is -0.384. The number of hydrogen-bond acceptors (Lipinski definition) is 6. The summed E-state index contributed by atoms with van der Waals surface area (Å²) in [5, 5.41) is 13.2. The number of hydrogen-bond donors (Lipinski definition) is 2. The zero-order valence-electron chi connectivity index (χ0n) is 11.5. The Kier molecular flexibility index (Phi) is 3.79. The molecule has 108 valence electrons. The second-order valence-electron chi connectivity index (χ2n) is 4.27. The Hall–Kier alpha value is -3.03. The summed E-state index contributed by atoms with van der Waals surface area (Å²) in [7, 11) is 1.50. The molecule has 0 saturated carbocycles. The second-order valence-corrected chi connectivity index (χ2v) is 4.27. The van der Waals surface area contributed by atoms with Crippen molar-refractivity contribution in [3.8, 4) is 11.3 Å². The van der Waals surface area contributed by atoms with Crippen LogP contribution in [-0.2, 0) is 0 Å². The number of anilines is 1. The van der Waals surface area contributed by atoms with E-state index in [1.54, 1.807) is 6.92 Å². The van der Waals surface area contributed by atoms with Crippen molar-refractivity contribution in [2.45, 2.75) is 6.92 Å². The molecule has 0 aliphatic carbocycles. The third-order valence-electron chi connectivity index (χ3n) is 2.91. The third-order valence-corrected chi connectivity index (χ3v) is 2.91. The van der Waals surface area contributed by atoms with Gasteiger partial charge in [-0.1, -0.05) is 0 Å². The number of nitro benzene ring substituents is 1. The molecule has 0 atom stereocenters. The van der Waals surface area contributed by atoms with Gasteiger partial charge in [-0.15, -0.1) is 0 Å². The molecule has 0 saturated heterocycles. The first-order chi connectivity index (χ1) is 9.93. The van der Waals surface area contributed by atoms with Crippen LogP contribution in [0.15, 0.2) is 24.3 Å². The van der Waals surface area contributed by atoms with Crippen molar-refractivity contribution >= 4 is 17.5 Å². The van der Waals surface area contributed by atoms with Crippen LogP contribution in [0.3, 0.4) is 0 Å². The number of rotatable bonds is 3. The second kappa shape index (κ2) is 5.53. The number of aryl methyl sites for hydroxylation is 1. The summed E-state index contributed by atoms with van der Waals surface area (Å²) >= 11 is 0. The van der Waals surface area contributed by atoms with Crippen LogP contribution in [0.2, 0.25) is 0 Å². The van der Waals surface area contributed by atoms with Crippen LogP contribution < -0.4 is 11.1 Å². The molecular formula is C13H13N5O3. The summed E-state index contributed by atoms with van der Waals surface area (Å²) in [6.07, 6.45) is 0. The largest absolute Gasteiger partial charge is 0.368 e. The van der Waals surface area contributed by atoms with Gasteiger partial charge in [0.1, 0.15) is 0 Å². The van der Waals surface area contributed by atoms with E-state index in [1.165, 1.54) is 31.3 Å². The molecule has 0 unspecified atom stereocenters. The quantitative estimate of drug-likeness (QED) is 0.647. The smallest absolute Gasteiger partial charge is 0.269 e. The SMILES string of the molecule is CNC(=O)c1c(C)nc(N)nc1-c1ccc([N+](=O)[O-])cc1. The van der Waals surface area contributed by atoms with Crippen LogP contribution in [0.25, 0.3) is 11.3 Å². The van der Waals surface area contributed by atoms with Crippen molar-refractivity contribution in [3.05, 3.63) is 45.6 Å². The maximum atomic E-state index is 12.0. The van der Waals surface area contributed by atoms with E-state index >= 15 is 0 Å². The van der Waals surface area contributed by atoms with Gasteiger partial charge in [0.2, 0.25) is 5.95 Å². The van der Waals surface area contributed by atoms with E-state index < -0.39 is 4.92 Å². The molecule has 1 heterocycles. The highest BCUT2D eigenvalue weighted by Gasteiger charge is 2.19. The predicted molar refractivity (Wildman–Crippen MR) is 76.7 cm³/mol. The Morgan fingerprint density at radius 2 is 1.90 bits per heavy atom. The summed E-state index contributed by atoms with van der Waals surface area (Å²) in [5.74, 6) is -0.311. The lowest BCUT2D eigenvalue weighted by atomic mass is 10.0. The average Bonchev–Trinajstić information content (AvgIpc) is 2.45. The van der Waals surface area contributed by atoms with Gasteiger partial charge >= 0.3 is 0 Å². The molecule has 0 fully saturated rings. The summed E-state index contributed by atoms with van der Waals surface area (Å²) < 4.78 is 0. The number of non-ortho nitro benzene ring substituents is 1. The van der Waals surface area contributed by atoms with E-state index in [9.17, 15) is 14.9 Å². The molecule has 8 heteroatoms. The minimum Gasteiger partial charge on any atom is -0.368 e. The van der Waals surface area contributed by atoms with Crippen molar-refractivity contribution < 1.29 is 9.72 Å². The van der Waals surface area contributed by atoms with E-state index in [1.807, 2.05) is 0 Å². The van der Waals surface area contributed by atoms with Crippen LogP contribution in [-0.4, -0.2) is 27.8 Å². The zero-order valence-corrected chi connectivity index (χ0v) is 11.5. The highest BCUT2D eigenvalue weighted by molar-refractivity contribution is 6.00. The standard InChI is InChI=1S/C13H13N5O3/c1-7-10(12(19)15-2)11(17-13(14)16-7)8-3-5-9(6-4-8)18(20)21/h3-6H,1-2H3,(H,15,19)(H2,14,16,17). The summed E-state index contributed by atoms with van der Waals surface area (Å²) in [5.41, 5.74) is 7.21. The Labute approximate surface area is 120 Å².